The number of aliphatic hydroxyl groups excluding tert-OH is 1. The fourth-order valence-electron chi connectivity index (χ4n) is 2.64. The van der Waals surface area contributed by atoms with E-state index in [1.54, 1.807) is 11.1 Å². The van der Waals surface area contributed by atoms with Crippen LogP contribution in [0, 0.1) is 0 Å². The lowest BCUT2D eigenvalue weighted by Crippen LogP contribution is -2.37. The molecule has 2 N–H and O–H groups in total. The highest BCUT2D eigenvalue weighted by Gasteiger charge is 2.21. The molecule has 0 radical (unpaired) electrons. The van der Waals surface area contributed by atoms with E-state index in [0.717, 1.165) is 5.56 Å². The van der Waals surface area contributed by atoms with Crippen LogP contribution < -0.4 is 5.32 Å². The molecule has 0 spiro atoms. The predicted octanol–water partition coefficient (Wildman–Crippen LogP) is 0.759. The molecule has 1 fully saturated rings. The monoisotopic (exact) mass is 336 g/mol. The molecule has 124 valence electrons. The van der Waals surface area contributed by atoms with Crippen LogP contribution in [0.25, 0.3) is 0 Å². The Labute approximate surface area is 141 Å². The molecule has 1 aromatic heterocycles. The van der Waals surface area contributed by atoms with Gasteiger partial charge in [-0.25, -0.2) is 0 Å². The van der Waals surface area contributed by atoms with Crippen LogP contribution in [0.3, 0.4) is 0 Å². The van der Waals surface area contributed by atoms with Crippen LogP contribution >= 0.6 is 12.4 Å². The molecule has 1 aliphatic heterocycles. The highest BCUT2D eigenvalue weighted by atomic mass is 35.5. The van der Waals surface area contributed by atoms with E-state index in [0.29, 0.717) is 38.3 Å². The van der Waals surface area contributed by atoms with Gasteiger partial charge in [-0.1, -0.05) is 12.1 Å². The topological polar surface area (TPSA) is 70.4 Å². The Bertz CT molecular complexity index is 633. The molecule has 0 bridgehead atoms. The highest BCUT2D eigenvalue weighted by molar-refractivity contribution is 5.94. The van der Waals surface area contributed by atoms with Gasteiger partial charge in [0, 0.05) is 44.1 Å². The Morgan fingerprint density at radius 2 is 2.26 bits per heavy atom. The van der Waals surface area contributed by atoms with Crippen molar-refractivity contribution in [2.75, 3.05) is 26.2 Å². The molecule has 0 saturated carbocycles. The second-order valence-corrected chi connectivity index (χ2v) is 5.51. The molecular weight excluding hydrogens is 316 g/mol. The number of carbonyl (C=O) groups is 1. The normalized spacial score (nSPS) is 18.1. The molecule has 1 aromatic carbocycles. The van der Waals surface area contributed by atoms with Gasteiger partial charge >= 0.3 is 0 Å². The van der Waals surface area contributed by atoms with Crippen molar-refractivity contribution < 1.29 is 9.90 Å². The maximum Gasteiger partial charge on any atom is 0.253 e. The molecule has 23 heavy (non-hydrogen) atoms. The van der Waals surface area contributed by atoms with E-state index in [-0.39, 0.29) is 18.3 Å². The van der Waals surface area contributed by atoms with Crippen molar-refractivity contribution in [2.24, 2.45) is 0 Å². The van der Waals surface area contributed by atoms with Crippen LogP contribution in [0.15, 0.2) is 42.7 Å². The molecule has 2 heterocycles. The lowest BCUT2D eigenvalue weighted by atomic mass is 10.1. The SMILES string of the molecule is Cl.O=C(c1cccc(Cn2cccn2)c1)N1CCNCC(O)C1. The van der Waals surface area contributed by atoms with Gasteiger partial charge in [0.2, 0.25) is 0 Å². The summed E-state index contributed by atoms with van der Waals surface area (Å²) in [6.45, 7) is 2.85. The number of aliphatic hydroxyl groups is 1. The van der Waals surface area contributed by atoms with E-state index in [1.165, 1.54) is 0 Å². The number of rotatable bonds is 3. The number of nitrogens with one attached hydrogen (secondary N) is 1. The first kappa shape index (κ1) is 17.5. The second kappa shape index (κ2) is 8.10. The van der Waals surface area contributed by atoms with E-state index >= 15 is 0 Å². The average molecular weight is 337 g/mol. The predicted molar refractivity (Wildman–Crippen MR) is 89.8 cm³/mol. The Kier molecular flexibility index (Phi) is 6.15. The maximum absolute atomic E-state index is 12.6. The summed E-state index contributed by atoms with van der Waals surface area (Å²) < 4.78 is 1.82. The van der Waals surface area contributed by atoms with Gasteiger partial charge in [0.05, 0.1) is 12.6 Å². The standard InChI is InChI=1S/C16H20N4O2.ClH/c21-15-10-17-6-8-19(12-15)16(22)14-4-1-3-13(9-14)11-20-7-2-5-18-20;/h1-5,7,9,15,17,21H,6,8,10-12H2;1H. The Balaban J connectivity index is 0.00000192. The van der Waals surface area contributed by atoms with E-state index in [4.69, 9.17) is 0 Å². The summed E-state index contributed by atoms with van der Waals surface area (Å²) in [6.07, 6.45) is 3.12. The summed E-state index contributed by atoms with van der Waals surface area (Å²) in [5.41, 5.74) is 1.68. The summed E-state index contributed by atoms with van der Waals surface area (Å²) in [4.78, 5) is 14.3. The number of amides is 1. The van der Waals surface area contributed by atoms with E-state index in [1.807, 2.05) is 41.2 Å². The Hall–Kier alpha value is -1.89. The molecule has 1 atom stereocenters. The zero-order valence-corrected chi connectivity index (χ0v) is 13.6. The molecular formula is C16H21ClN4O2. The molecule has 6 nitrogen and oxygen atoms in total. The van der Waals surface area contributed by atoms with Gasteiger partial charge in [-0.2, -0.15) is 5.10 Å². The molecule has 0 aliphatic carbocycles. The van der Waals surface area contributed by atoms with Crippen LogP contribution in [0.4, 0.5) is 0 Å². The quantitative estimate of drug-likeness (QED) is 0.868. The average Bonchev–Trinajstić information content (AvgIpc) is 2.93. The third-order valence-corrected chi connectivity index (χ3v) is 3.73. The van der Waals surface area contributed by atoms with Gasteiger partial charge in [-0.15, -0.1) is 12.4 Å². The van der Waals surface area contributed by atoms with Gasteiger partial charge in [0.15, 0.2) is 0 Å². The minimum atomic E-state index is -0.515. The van der Waals surface area contributed by atoms with Crippen LogP contribution in [-0.4, -0.2) is 58.0 Å². The van der Waals surface area contributed by atoms with Crippen LogP contribution in [0.5, 0.6) is 0 Å². The molecule has 2 aromatic rings. The number of carbonyl (C=O) groups excluding carboxylic acids is 1. The minimum Gasteiger partial charge on any atom is -0.390 e. The molecule has 1 amide bonds. The van der Waals surface area contributed by atoms with Crippen molar-refractivity contribution in [1.29, 1.82) is 0 Å². The highest BCUT2D eigenvalue weighted by Crippen LogP contribution is 2.11. The molecule has 1 aliphatic rings. The number of hydrogen-bond acceptors (Lipinski definition) is 4. The summed E-state index contributed by atoms with van der Waals surface area (Å²) in [6, 6.07) is 9.46. The third-order valence-electron chi connectivity index (χ3n) is 3.73. The first-order valence-electron chi connectivity index (χ1n) is 7.47. The van der Waals surface area contributed by atoms with Crippen molar-refractivity contribution >= 4 is 18.3 Å². The van der Waals surface area contributed by atoms with E-state index in [2.05, 4.69) is 10.4 Å². The first-order valence-corrected chi connectivity index (χ1v) is 7.47. The van der Waals surface area contributed by atoms with Crippen molar-refractivity contribution in [3.05, 3.63) is 53.9 Å². The van der Waals surface area contributed by atoms with E-state index < -0.39 is 6.10 Å². The van der Waals surface area contributed by atoms with Crippen molar-refractivity contribution in [1.82, 2.24) is 20.0 Å². The first-order chi connectivity index (χ1) is 10.7. The Morgan fingerprint density at radius 1 is 1.39 bits per heavy atom. The summed E-state index contributed by atoms with van der Waals surface area (Å²) in [5.74, 6) is -0.0370. The lowest BCUT2D eigenvalue weighted by molar-refractivity contribution is 0.0673. The van der Waals surface area contributed by atoms with Crippen molar-refractivity contribution in [2.45, 2.75) is 12.6 Å². The van der Waals surface area contributed by atoms with Crippen molar-refractivity contribution in [3.8, 4) is 0 Å². The summed E-state index contributed by atoms with van der Waals surface area (Å²) in [5, 5.41) is 17.1. The number of hydrogen-bond donors (Lipinski definition) is 2. The molecule has 1 saturated heterocycles. The van der Waals surface area contributed by atoms with Crippen molar-refractivity contribution in [3.63, 3.8) is 0 Å². The van der Waals surface area contributed by atoms with Gasteiger partial charge < -0.3 is 15.3 Å². The molecule has 1 unspecified atom stereocenters. The second-order valence-electron chi connectivity index (χ2n) is 5.51. The maximum atomic E-state index is 12.6. The summed E-state index contributed by atoms with van der Waals surface area (Å²) >= 11 is 0. The van der Waals surface area contributed by atoms with Gasteiger partial charge in [0.1, 0.15) is 0 Å². The fraction of sp³-hybridized carbons (Fsp3) is 0.375. The number of benzene rings is 1. The molecule has 7 heteroatoms. The molecule has 3 rings (SSSR count). The van der Waals surface area contributed by atoms with E-state index in [9.17, 15) is 9.90 Å². The largest absolute Gasteiger partial charge is 0.390 e. The van der Waals surface area contributed by atoms with Gasteiger partial charge in [0.25, 0.3) is 5.91 Å². The van der Waals surface area contributed by atoms with Gasteiger partial charge in [-0.3, -0.25) is 9.48 Å². The van der Waals surface area contributed by atoms with Crippen LogP contribution in [0.1, 0.15) is 15.9 Å². The minimum absolute atomic E-state index is 0. The Morgan fingerprint density at radius 3 is 3.04 bits per heavy atom. The number of nitrogens with zero attached hydrogens (tertiary/aromatic N) is 3. The summed E-state index contributed by atoms with van der Waals surface area (Å²) in [7, 11) is 0. The smallest absolute Gasteiger partial charge is 0.253 e. The lowest BCUT2D eigenvalue weighted by Gasteiger charge is -2.22. The zero-order valence-electron chi connectivity index (χ0n) is 12.8. The number of aromatic nitrogens is 2. The number of halogens is 1. The third kappa shape index (κ3) is 4.54. The van der Waals surface area contributed by atoms with Crippen LogP contribution in [-0.2, 0) is 6.54 Å². The zero-order chi connectivity index (χ0) is 15.4. The van der Waals surface area contributed by atoms with Gasteiger partial charge in [-0.05, 0) is 23.8 Å². The number of β-amino-alcohol motifs (C(OH)–C–C–N with tert-alkyl or cyclic N) is 1. The van der Waals surface area contributed by atoms with Crippen LogP contribution in [0.2, 0.25) is 0 Å². The fourth-order valence-corrected chi connectivity index (χ4v) is 2.64.